The van der Waals surface area contributed by atoms with Gasteiger partial charge in [-0.25, -0.2) is 4.79 Å². The van der Waals surface area contributed by atoms with Gasteiger partial charge in [-0.1, -0.05) is 13.0 Å². The number of nitrogens with zero attached hydrogens (tertiary/aromatic N) is 2. The van der Waals surface area contributed by atoms with Crippen molar-refractivity contribution in [2.75, 3.05) is 6.54 Å². The lowest BCUT2D eigenvalue weighted by Crippen LogP contribution is -2.42. The van der Waals surface area contributed by atoms with Crippen molar-refractivity contribution in [3.8, 4) is 0 Å². The molecule has 0 bridgehead atoms. The Morgan fingerprint density at radius 2 is 2.20 bits per heavy atom. The Kier molecular flexibility index (Phi) is 4.31. The van der Waals surface area contributed by atoms with Crippen molar-refractivity contribution in [3.63, 3.8) is 0 Å². The highest BCUT2D eigenvalue weighted by Crippen LogP contribution is 2.28. The van der Waals surface area contributed by atoms with Crippen LogP contribution in [0.4, 0.5) is 4.79 Å². The highest BCUT2D eigenvalue weighted by atomic mass is 16.6. The summed E-state index contributed by atoms with van der Waals surface area (Å²) < 4.78 is 5.50. The summed E-state index contributed by atoms with van der Waals surface area (Å²) in [5, 5.41) is 0. The Morgan fingerprint density at radius 1 is 1.45 bits per heavy atom. The fourth-order valence-electron chi connectivity index (χ4n) is 2.60. The lowest BCUT2D eigenvalue weighted by atomic mass is 9.98. The highest BCUT2D eigenvalue weighted by molar-refractivity contribution is 5.69. The summed E-state index contributed by atoms with van der Waals surface area (Å²) in [5.41, 5.74) is 0.582. The van der Waals surface area contributed by atoms with Crippen molar-refractivity contribution >= 4 is 6.09 Å². The molecule has 1 aromatic heterocycles. The van der Waals surface area contributed by atoms with E-state index in [1.54, 1.807) is 6.20 Å². The molecule has 0 N–H and O–H groups in total. The number of aromatic nitrogens is 1. The standard InChI is InChI=1S/C16H24N2O2/c1-12-8-10-18(15(19)20-16(2,3)4)14(12)11-13-7-5-6-9-17-13/h5-7,9,12,14H,8,10-11H2,1-4H3/t12-,14-/m1/s1. The SMILES string of the molecule is C[C@@H]1CCN(C(=O)OC(C)(C)C)[C@@H]1Cc1ccccn1. The number of ether oxygens (including phenoxy) is 1. The molecular weight excluding hydrogens is 252 g/mol. The maximum Gasteiger partial charge on any atom is 0.410 e. The van der Waals surface area contributed by atoms with Gasteiger partial charge < -0.3 is 9.64 Å². The number of hydrogen-bond donors (Lipinski definition) is 0. The van der Waals surface area contributed by atoms with Gasteiger partial charge in [0, 0.05) is 30.9 Å². The van der Waals surface area contributed by atoms with Crippen LogP contribution >= 0.6 is 0 Å². The zero-order valence-electron chi connectivity index (χ0n) is 12.8. The second-order valence-electron chi connectivity index (χ2n) is 6.53. The Balaban J connectivity index is 2.07. The molecule has 1 saturated heterocycles. The third kappa shape index (κ3) is 3.71. The van der Waals surface area contributed by atoms with E-state index in [1.165, 1.54) is 0 Å². The summed E-state index contributed by atoms with van der Waals surface area (Å²) >= 11 is 0. The zero-order valence-corrected chi connectivity index (χ0v) is 12.8. The first-order chi connectivity index (χ1) is 9.37. The van der Waals surface area contributed by atoms with Gasteiger partial charge in [0.2, 0.25) is 0 Å². The number of carbonyl (C=O) groups excluding carboxylic acids is 1. The van der Waals surface area contributed by atoms with E-state index in [0.29, 0.717) is 5.92 Å². The maximum atomic E-state index is 12.3. The quantitative estimate of drug-likeness (QED) is 0.832. The van der Waals surface area contributed by atoms with Crippen LogP contribution in [-0.4, -0.2) is 34.2 Å². The van der Waals surface area contributed by atoms with Crippen molar-refractivity contribution in [1.82, 2.24) is 9.88 Å². The van der Waals surface area contributed by atoms with Crippen LogP contribution < -0.4 is 0 Å². The average molecular weight is 276 g/mol. The Hall–Kier alpha value is -1.58. The predicted molar refractivity (Wildman–Crippen MR) is 78.5 cm³/mol. The molecule has 110 valence electrons. The summed E-state index contributed by atoms with van der Waals surface area (Å²) in [7, 11) is 0. The molecule has 0 aromatic carbocycles. The minimum absolute atomic E-state index is 0.180. The Bertz CT molecular complexity index is 453. The van der Waals surface area contributed by atoms with E-state index >= 15 is 0 Å². The monoisotopic (exact) mass is 276 g/mol. The summed E-state index contributed by atoms with van der Waals surface area (Å²) in [4.78, 5) is 18.5. The molecule has 1 aromatic rings. The fraction of sp³-hybridized carbons (Fsp3) is 0.625. The lowest BCUT2D eigenvalue weighted by Gasteiger charge is -2.29. The van der Waals surface area contributed by atoms with E-state index < -0.39 is 5.60 Å². The van der Waals surface area contributed by atoms with Crippen molar-refractivity contribution in [2.24, 2.45) is 5.92 Å². The van der Waals surface area contributed by atoms with Gasteiger partial charge in [-0.05, 0) is 45.2 Å². The molecule has 1 aliphatic heterocycles. The van der Waals surface area contributed by atoms with Crippen molar-refractivity contribution in [2.45, 2.75) is 52.2 Å². The predicted octanol–water partition coefficient (Wildman–Crippen LogP) is 3.27. The molecule has 1 amide bonds. The third-order valence-corrected chi connectivity index (χ3v) is 3.65. The molecule has 1 aliphatic rings. The van der Waals surface area contributed by atoms with Gasteiger partial charge in [-0.2, -0.15) is 0 Å². The summed E-state index contributed by atoms with van der Waals surface area (Å²) in [6.07, 6.45) is 3.41. The third-order valence-electron chi connectivity index (χ3n) is 3.65. The minimum atomic E-state index is -0.446. The molecule has 0 aliphatic carbocycles. The van der Waals surface area contributed by atoms with E-state index in [1.807, 2.05) is 43.9 Å². The van der Waals surface area contributed by atoms with Gasteiger partial charge in [0.25, 0.3) is 0 Å². The van der Waals surface area contributed by atoms with Crippen LogP contribution in [0.15, 0.2) is 24.4 Å². The molecule has 4 nitrogen and oxygen atoms in total. The van der Waals surface area contributed by atoms with Gasteiger partial charge in [0.1, 0.15) is 5.60 Å². The van der Waals surface area contributed by atoms with Crippen LogP contribution in [0.25, 0.3) is 0 Å². The van der Waals surface area contributed by atoms with Gasteiger partial charge in [-0.3, -0.25) is 4.98 Å². The van der Waals surface area contributed by atoms with E-state index in [-0.39, 0.29) is 12.1 Å². The Labute approximate surface area is 121 Å². The van der Waals surface area contributed by atoms with E-state index in [2.05, 4.69) is 11.9 Å². The number of pyridine rings is 1. The second-order valence-corrected chi connectivity index (χ2v) is 6.53. The summed E-state index contributed by atoms with van der Waals surface area (Å²) in [5.74, 6) is 0.476. The average Bonchev–Trinajstić information content (AvgIpc) is 2.70. The van der Waals surface area contributed by atoms with Crippen LogP contribution in [-0.2, 0) is 11.2 Å². The second kappa shape index (κ2) is 5.81. The molecule has 2 rings (SSSR count). The van der Waals surface area contributed by atoms with Crippen LogP contribution in [0.3, 0.4) is 0 Å². The molecule has 0 unspecified atom stereocenters. The molecule has 20 heavy (non-hydrogen) atoms. The van der Waals surface area contributed by atoms with Gasteiger partial charge in [0.15, 0.2) is 0 Å². The fourth-order valence-corrected chi connectivity index (χ4v) is 2.60. The number of carbonyl (C=O) groups is 1. The molecule has 4 heteroatoms. The van der Waals surface area contributed by atoms with Gasteiger partial charge >= 0.3 is 6.09 Å². The summed E-state index contributed by atoms with van der Waals surface area (Å²) in [6, 6.07) is 6.09. The first-order valence-corrected chi connectivity index (χ1v) is 7.26. The van der Waals surface area contributed by atoms with Crippen LogP contribution in [0.5, 0.6) is 0 Å². The Morgan fingerprint density at radius 3 is 2.80 bits per heavy atom. The lowest BCUT2D eigenvalue weighted by molar-refractivity contribution is 0.0210. The van der Waals surface area contributed by atoms with Crippen molar-refractivity contribution in [1.29, 1.82) is 0 Å². The number of likely N-dealkylation sites (tertiary alicyclic amines) is 1. The van der Waals surface area contributed by atoms with Crippen LogP contribution in [0.1, 0.15) is 39.8 Å². The number of hydrogen-bond acceptors (Lipinski definition) is 3. The molecule has 2 atom stereocenters. The highest BCUT2D eigenvalue weighted by Gasteiger charge is 2.36. The topological polar surface area (TPSA) is 42.4 Å². The molecule has 0 radical (unpaired) electrons. The largest absolute Gasteiger partial charge is 0.444 e. The first kappa shape index (κ1) is 14.8. The molecule has 0 saturated carbocycles. The molecule has 2 heterocycles. The maximum absolute atomic E-state index is 12.3. The zero-order chi connectivity index (χ0) is 14.8. The first-order valence-electron chi connectivity index (χ1n) is 7.26. The van der Waals surface area contributed by atoms with E-state index in [0.717, 1.165) is 25.1 Å². The molecule has 1 fully saturated rings. The van der Waals surface area contributed by atoms with Crippen LogP contribution in [0, 0.1) is 5.92 Å². The molecular formula is C16H24N2O2. The van der Waals surface area contributed by atoms with E-state index in [9.17, 15) is 4.79 Å². The van der Waals surface area contributed by atoms with Gasteiger partial charge in [0.05, 0.1) is 0 Å². The van der Waals surface area contributed by atoms with Crippen molar-refractivity contribution < 1.29 is 9.53 Å². The van der Waals surface area contributed by atoms with Gasteiger partial charge in [-0.15, -0.1) is 0 Å². The van der Waals surface area contributed by atoms with E-state index in [4.69, 9.17) is 4.74 Å². The minimum Gasteiger partial charge on any atom is -0.444 e. The summed E-state index contributed by atoms with van der Waals surface area (Å²) in [6.45, 7) is 8.67. The normalized spacial score (nSPS) is 22.9. The number of rotatable bonds is 2. The number of amides is 1. The smallest absolute Gasteiger partial charge is 0.410 e. The van der Waals surface area contributed by atoms with Crippen molar-refractivity contribution in [3.05, 3.63) is 30.1 Å². The molecule has 0 spiro atoms. The van der Waals surface area contributed by atoms with Crippen LogP contribution in [0.2, 0.25) is 0 Å².